The first-order valence-electron chi connectivity index (χ1n) is 6.10. The van der Waals surface area contributed by atoms with Crippen molar-refractivity contribution in [3.05, 3.63) is 23.8 Å². The molecule has 0 aliphatic carbocycles. The van der Waals surface area contributed by atoms with Crippen molar-refractivity contribution >= 4 is 23.4 Å². The summed E-state index contributed by atoms with van der Waals surface area (Å²) in [6.07, 6.45) is 2.48. The highest BCUT2D eigenvalue weighted by Gasteiger charge is 2.19. The van der Waals surface area contributed by atoms with E-state index >= 15 is 0 Å². The standard InChI is InChI=1S/C13H16N2OS/c16-13-8-17-12-4-3-9(6-11(12)15-13)10-2-1-5-14-7-10/h3-4,6,10,14H,1-2,5,7-8H2,(H,15,16). The Morgan fingerprint density at radius 2 is 2.29 bits per heavy atom. The van der Waals surface area contributed by atoms with Gasteiger partial charge in [-0.05, 0) is 43.0 Å². The first-order valence-corrected chi connectivity index (χ1v) is 7.09. The third-order valence-corrected chi connectivity index (χ3v) is 4.48. The van der Waals surface area contributed by atoms with Crippen LogP contribution in [0.2, 0.25) is 0 Å². The first-order chi connectivity index (χ1) is 8.33. The van der Waals surface area contributed by atoms with Gasteiger partial charge in [0.05, 0.1) is 11.4 Å². The Morgan fingerprint density at radius 3 is 3.12 bits per heavy atom. The molecule has 90 valence electrons. The molecule has 2 aliphatic rings. The highest BCUT2D eigenvalue weighted by molar-refractivity contribution is 8.00. The number of amides is 1. The fourth-order valence-corrected chi connectivity index (χ4v) is 3.28. The van der Waals surface area contributed by atoms with Gasteiger partial charge >= 0.3 is 0 Å². The number of benzene rings is 1. The molecule has 0 saturated carbocycles. The van der Waals surface area contributed by atoms with Crippen molar-refractivity contribution < 1.29 is 4.79 Å². The van der Waals surface area contributed by atoms with Crippen LogP contribution >= 0.6 is 11.8 Å². The normalized spacial score (nSPS) is 24.0. The number of rotatable bonds is 1. The molecule has 0 bridgehead atoms. The van der Waals surface area contributed by atoms with E-state index in [9.17, 15) is 4.79 Å². The van der Waals surface area contributed by atoms with Crippen LogP contribution in [0.15, 0.2) is 23.1 Å². The maximum absolute atomic E-state index is 11.4. The summed E-state index contributed by atoms with van der Waals surface area (Å²) < 4.78 is 0. The van der Waals surface area contributed by atoms with Crippen LogP contribution in [0.5, 0.6) is 0 Å². The van der Waals surface area contributed by atoms with E-state index in [1.54, 1.807) is 11.8 Å². The number of carbonyl (C=O) groups is 1. The average molecular weight is 248 g/mol. The van der Waals surface area contributed by atoms with Crippen LogP contribution < -0.4 is 10.6 Å². The molecule has 1 unspecified atom stereocenters. The molecule has 2 heterocycles. The lowest BCUT2D eigenvalue weighted by molar-refractivity contribution is -0.113. The highest BCUT2D eigenvalue weighted by atomic mass is 32.2. The SMILES string of the molecule is O=C1CSc2ccc(C3CCCNC3)cc2N1. The van der Waals surface area contributed by atoms with E-state index in [2.05, 4.69) is 28.8 Å². The fraction of sp³-hybridized carbons (Fsp3) is 0.462. The zero-order chi connectivity index (χ0) is 11.7. The maximum Gasteiger partial charge on any atom is 0.234 e. The average Bonchev–Trinajstić information content (AvgIpc) is 2.39. The van der Waals surface area contributed by atoms with Gasteiger partial charge in [-0.3, -0.25) is 4.79 Å². The molecule has 0 radical (unpaired) electrons. The van der Waals surface area contributed by atoms with Crippen molar-refractivity contribution in [1.29, 1.82) is 0 Å². The number of hydrogen-bond donors (Lipinski definition) is 2. The topological polar surface area (TPSA) is 41.1 Å². The summed E-state index contributed by atoms with van der Waals surface area (Å²) in [5.74, 6) is 1.25. The number of piperidine rings is 1. The molecular weight excluding hydrogens is 232 g/mol. The molecule has 1 aromatic rings. The van der Waals surface area contributed by atoms with Gasteiger partial charge in [-0.2, -0.15) is 0 Å². The Bertz CT molecular complexity index is 441. The second kappa shape index (κ2) is 4.70. The van der Waals surface area contributed by atoms with Crippen molar-refractivity contribution in [2.45, 2.75) is 23.7 Å². The van der Waals surface area contributed by atoms with E-state index in [-0.39, 0.29) is 5.91 Å². The van der Waals surface area contributed by atoms with Gasteiger partial charge in [0.15, 0.2) is 0 Å². The summed E-state index contributed by atoms with van der Waals surface area (Å²) >= 11 is 1.62. The Morgan fingerprint density at radius 1 is 1.35 bits per heavy atom. The fourth-order valence-electron chi connectivity index (χ4n) is 2.49. The summed E-state index contributed by atoms with van der Waals surface area (Å²) in [7, 11) is 0. The maximum atomic E-state index is 11.4. The predicted molar refractivity (Wildman–Crippen MR) is 70.6 cm³/mol. The molecule has 1 saturated heterocycles. The van der Waals surface area contributed by atoms with Gasteiger partial charge < -0.3 is 10.6 Å². The van der Waals surface area contributed by atoms with Gasteiger partial charge in [0, 0.05) is 11.4 Å². The third-order valence-electron chi connectivity index (χ3n) is 3.40. The summed E-state index contributed by atoms with van der Waals surface area (Å²) in [5.41, 5.74) is 2.34. The van der Waals surface area contributed by atoms with Crippen LogP contribution in [0.25, 0.3) is 0 Å². The lowest BCUT2D eigenvalue weighted by Gasteiger charge is -2.25. The van der Waals surface area contributed by atoms with Crippen LogP contribution in [0.1, 0.15) is 24.3 Å². The number of fused-ring (bicyclic) bond motifs is 1. The van der Waals surface area contributed by atoms with Crippen LogP contribution in [-0.4, -0.2) is 24.7 Å². The van der Waals surface area contributed by atoms with Crippen molar-refractivity contribution in [2.75, 3.05) is 24.2 Å². The molecular formula is C13H16N2OS. The third kappa shape index (κ3) is 2.33. The minimum atomic E-state index is 0.112. The molecule has 2 aliphatic heterocycles. The van der Waals surface area contributed by atoms with E-state index in [1.807, 2.05) is 0 Å². The Kier molecular flexibility index (Phi) is 3.07. The van der Waals surface area contributed by atoms with Gasteiger partial charge in [-0.25, -0.2) is 0 Å². The molecule has 3 rings (SSSR count). The molecule has 3 nitrogen and oxygen atoms in total. The Labute approximate surface area is 105 Å². The molecule has 0 spiro atoms. The van der Waals surface area contributed by atoms with Crippen LogP contribution in [0, 0.1) is 0 Å². The summed E-state index contributed by atoms with van der Waals surface area (Å²) in [4.78, 5) is 12.6. The Balaban J connectivity index is 1.86. The lowest BCUT2D eigenvalue weighted by atomic mass is 9.91. The van der Waals surface area contributed by atoms with Gasteiger partial charge in [0.1, 0.15) is 0 Å². The monoisotopic (exact) mass is 248 g/mol. The van der Waals surface area contributed by atoms with E-state index in [0.717, 1.165) is 18.8 Å². The first kappa shape index (κ1) is 11.1. The van der Waals surface area contributed by atoms with E-state index in [4.69, 9.17) is 0 Å². The predicted octanol–water partition coefficient (Wildman–Crippen LogP) is 2.20. The minimum absolute atomic E-state index is 0.112. The van der Waals surface area contributed by atoms with Crippen molar-refractivity contribution in [3.63, 3.8) is 0 Å². The summed E-state index contributed by atoms with van der Waals surface area (Å²) in [6, 6.07) is 6.50. The quantitative estimate of drug-likeness (QED) is 0.800. The van der Waals surface area contributed by atoms with Gasteiger partial charge in [0.25, 0.3) is 0 Å². The van der Waals surface area contributed by atoms with E-state index in [0.29, 0.717) is 11.7 Å². The number of anilines is 1. The van der Waals surface area contributed by atoms with Crippen molar-refractivity contribution in [1.82, 2.24) is 5.32 Å². The summed E-state index contributed by atoms with van der Waals surface area (Å²) in [5, 5.41) is 6.39. The second-order valence-electron chi connectivity index (χ2n) is 4.64. The summed E-state index contributed by atoms with van der Waals surface area (Å²) in [6.45, 7) is 2.19. The number of hydrogen-bond acceptors (Lipinski definition) is 3. The zero-order valence-electron chi connectivity index (χ0n) is 9.66. The Hall–Kier alpha value is -1.00. The number of thioether (sulfide) groups is 1. The van der Waals surface area contributed by atoms with Crippen molar-refractivity contribution in [3.8, 4) is 0 Å². The van der Waals surface area contributed by atoms with Crippen LogP contribution in [0.4, 0.5) is 5.69 Å². The molecule has 1 atom stereocenters. The second-order valence-corrected chi connectivity index (χ2v) is 5.65. The molecule has 1 aromatic carbocycles. The molecule has 17 heavy (non-hydrogen) atoms. The molecule has 0 aromatic heterocycles. The smallest absolute Gasteiger partial charge is 0.234 e. The van der Waals surface area contributed by atoms with Gasteiger partial charge in [-0.15, -0.1) is 11.8 Å². The van der Waals surface area contributed by atoms with Crippen LogP contribution in [-0.2, 0) is 4.79 Å². The van der Waals surface area contributed by atoms with Gasteiger partial charge in [0.2, 0.25) is 5.91 Å². The number of nitrogens with one attached hydrogen (secondary N) is 2. The highest BCUT2D eigenvalue weighted by Crippen LogP contribution is 2.34. The van der Waals surface area contributed by atoms with Gasteiger partial charge in [-0.1, -0.05) is 6.07 Å². The molecule has 1 fully saturated rings. The minimum Gasteiger partial charge on any atom is -0.324 e. The zero-order valence-corrected chi connectivity index (χ0v) is 10.5. The lowest BCUT2D eigenvalue weighted by Crippen LogP contribution is -2.28. The van der Waals surface area contributed by atoms with E-state index < -0.39 is 0 Å². The molecule has 2 N–H and O–H groups in total. The van der Waals surface area contributed by atoms with E-state index in [1.165, 1.54) is 23.3 Å². The largest absolute Gasteiger partial charge is 0.324 e. The molecule has 4 heteroatoms. The van der Waals surface area contributed by atoms with Crippen molar-refractivity contribution in [2.24, 2.45) is 0 Å². The number of carbonyl (C=O) groups excluding carboxylic acids is 1. The van der Waals surface area contributed by atoms with Crippen LogP contribution in [0.3, 0.4) is 0 Å². The molecule has 1 amide bonds.